The number of carbonyl (C=O) groups is 1. The molecule has 1 aromatic heterocycles. The molecule has 3 aromatic rings. The molecule has 0 bridgehead atoms. The van der Waals surface area contributed by atoms with E-state index in [1.54, 1.807) is 6.07 Å². The molecule has 7 heteroatoms. The summed E-state index contributed by atoms with van der Waals surface area (Å²) in [6.45, 7) is 4.28. The van der Waals surface area contributed by atoms with Crippen LogP contribution in [0.4, 0.5) is 5.69 Å². The van der Waals surface area contributed by atoms with Crippen LogP contribution in [-0.4, -0.2) is 16.6 Å². The summed E-state index contributed by atoms with van der Waals surface area (Å²) >= 11 is 15.0. The number of nitrogens with one attached hydrogen (secondary N) is 1. The molecule has 1 amide bonds. The van der Waals surface area contributed by atoms with Gasteiger partial charge in [-0.15, -0.1) is 11.3 Å². The van der Waals surface area contributed by atoms with Crippen molar-refractivity contribution in [2.75, 3.05) is 11.1 Å². The van der Waals surface area contributed by atoms with Crippen molar-refractivity contribution in [3.8, 4) is 0 Å². The number of thioether (sulfide) groups is 1. The van der Waals surface area contributed by atoms with Gasteiger partial charge in [-0.2, -0.15) is 0 Å². The second kappa shape index (κ2) is 7.96. The third-order valence-electron chi connectivity index (χ3n) is 3.58. The van der Waals surface area contributed by atoms with Gasteiger partial charge < -0.3 is 5.32 Å². The molecular weight excluding hydrogens is 395 g/mol. The summed E-state index contributed by atoms with van der Waals surface area (Å²) in [5.74, 6) is 0.697. The first-order valence-electron chi connectivity index (χ1n) is 7.70. The van der Waals surface area contributed by atoms with Crippen molar-refractivity contribution in [1.82, 2.24) is 4.98 Å². The average Bonchev–Trinajstić information content (AvgIpc) is 2.97. The molecule has 1 N–H and O–H groups in total. The van der Waals surface area contributed by atoms with Gasteiger partial charge in [-0.1, -0.05) is 60.9 Å². The van der Waals surface area contributed by atoms with Crippen LogP contribution < -0.4 is 5.32 Å². The predicted molar refractivity (Wildman–Crippen MR) is 110 cm³/mol. The minimum absolute atomic E-state index is 0.0642. The number of rotatable bonds is 5. The Kier molecular flexibility index (Phi) is 5.89. The van der Waals surface area contributed by atoms with E-state index >= 15 is 0 Å². The van der Waals surface area contributed by atoms with E-state index in [0.717, 1.165) is 20.2 Å². The molecule has 2 aromatic carbocycles. The molecule has 3 rings (SSSR count). The van der Waals surface area contributed by atoms with Gasteiger partial charge in [0.25, 0.3) is 0 Å². The van der Waals surface area contributed by atoms with Crippen LogP contribution in [-0.2, 0) is 4.79 Å². The quantitative estimate of drug-likeness (QED) is 0.490. The number of aromatic nitrogens is 1. The highest BCUT2D eigenvalue weighted by Crippen LogP contribution is 2.35. The van der Waals surface area contributed by atoms with Crippen molar-refractivity contribution in [2.24, 2.45) is 0 Å². The van der Waals surface area contributed by atoms with Crippen molar-refractivity contribution in [3.05, 3.63) is 52.0 Å². The van der Waals surface area contributed by atoms with E-state index in [1.807, 2.05) is 30.3 Å². The number of amides is 1. The van der Waals surface area contributed by atoms with Crippen LogP contribution in [0.2, 0.25) is 10.0 Å². The lowest BCUT2D eigenvalue weighted by Gasteiger charge is -2.08. The second-order valence-electron chi connectivity index (χ2n) is 5.83. The number of carbonyl (C=O) groups excluding carboxylic acids is 1. The summed E-state index contributed by atoms with van der Waals surface area (Å²) < 4.78 is 1.72. The number of anilines is 1. The molecule has 0 unspecified atom stereocenters. The molecule has 0 spiro atoms. The SMILES string of the molecule is CC(C)c1ccc(NC(=O)CSc2nc3c(Cl)cc(Cl)cc3s2)cc1. The van der Waals surface area contributed by atoms with Gasteiger partial charge in [-0.25, -0.2) is 4.98 Å². The molecule has 0 aliphatic carbocycles. The number of hydrogen-bond donors (Lipinski definition) is 1. The van der Waals surface area contributed by atoms with Crippen molar-refractivity contribution in [2.45, 2.75) is 24.1 Å². The van der Waals surface area contributed by atoms with Crippen molar-refractivity contribution < 1.29 is 4.79 Å². The summed E-state index contributed by atoms with van der Waals surface area (Å²) in [6, 6.07) is 11.4. The number of halogens is 2. The van der Waals surface area contributed by atoms with Gasteiger partial charge in [0.1, 0.15) is 5.52 Å². The fourth-order valence-electron chi connectivity index (χ4n) is 2.27. The molecule has 25 heavy (non-hydrogen) atoms. The lowest BCUT2D eigenvalue weighted by atomic mass is 10.0. The van der Waals surface area contributed by atoms with E-state index in [0.29, 0.717) is 16.0 Å². The zero-order valence-corrected chi connectivity index (χ0v) is 16.8. The first-order chi connectivity index (χ1) is 11.9. The van der Waals surface area contributed by atoms with Gasteiger partial charge in [-0.05, 0) is 35.7 Å². The maximum atomic E-state index is 12.1. The molecule has 0 aliphatic rings. The topological polar surface area (TPSA) is 42.0 Å². The molecule has 130 valence electrons. The molecule has 0 fully saturated rings. The van der Waals surface area contributed by atoms with Crippen molar-refractivity contribution >= 4 is 68.1 Å². The summed E-state index contributed by atoms with van der Waals surface area (Å²) in [4.78, 5) is 16.6. The minimum Gasteiger partial charge on any atom is -0.325 e. The third-order valence-corrected chi connectivity index (χ3v) is 6.23. The standard InChI is InChI=1S/C18H16Cl2N2OS2/c1-10(2)11-3-5-13(6-4-11)21-16(23)9-24-18-22-17-14(20)7-12(19)8-15(17)25-18/h3-8,10H,9H2,1-2H3,(H,21,23). The van der Waals surface area contributed by atoms with Gasteiger partial charge >= 0.3 is 0 Å². The van der Waals surface area contributed by atoms with Crippen LogP contribution in [0, 0.1) is 0 Å². The van der Waals surface area contributed by atoms with Crippen LogP contribution in [0.3, 0.4) is 0 Å². The Morgan fingerprint density at radius 3 is 2.64 bits per heavy atom. The van der Waals surface area contributed by atoms with E-state index in [1.165, 1.54) is 28.7 Å². The molecule has 0 atom stereocenters. The normalized spacial score (nSPS) is 11.2. The number of nitrogens with zero attached hydrogens (tertiary/aromatic N) is 1. The van der Waals surface area contributed by atoms with E-state index < -0.39 is 0 Å². The summed E-state index contributed by atoms with van der Waals surface area (Å²) in [5, 5.41) is 4.01. The van der Waals surface area contributed by atoms with E-state index in [-0.39, 0.29) is 11.7 Å². The number of benzene rings is 2. The van der Waals surface area contributed by atoms with Crippen LogP contribution in [0.15, 0.2) is 40.7 Å². The first kappa shape index (κ1) is 18.5. The fraction of sp³-hybridized carbons (Fsp3) is 0.222. The maximum absolute atomic E-state index is 12.1. The monoisotopic (exact) mass is 410 g/mol. The van der Waals surface area contributed by atoms with Crippen molar-refractivity contribution in [3.63, 3.8) is 0 Å². The average molecular weight is 411 g/mol. The molecule has 0 saturated heterocycles. The Labute approximate surface area is 164 Å². The molecule has 1 heterocycles. The number of hydrogen-bond acceptors (Lipinski definition) is 4. The van der Waals surface area contributed by atoms with Crippen LogP contribution in [0.1, 0.15) is 25.3 Å². The van der Waals surface area contributed by atoms with E-state index in [9.17, 15) is 4.79 Å². The Hall–Kier alpha value is -1.27. The summed E-state index contributed by atoms with van der Waals surface area (Å²) in [6.07, 6.45) is 0. The molecule has 0 aliphatic heterocycles. The summed E-state index contributed by atoms with van der Waals surface area (Å²) in [5.41, 5.74) is 2.77. The zero-order valence-electron chi connectivity index (χ0n) is 13.7. The number of fused-ring (bicyclic) bond motifs is 1. The second-order valence-corrected chi connectivity index (χ2v) is 8.92. The van der Waals surface area contributed by atoms with Gasteiger partial charge in [0.05, 0.1) is 15.5 Å². The highest BCUT2D eigenvalue weighted by Gasteiger charge is 2.11. The van der Waals surface area contributed by atoms with Crippen LogP contribution in [0.5, 0.6) is 0 Å². The Morgan fingerprint density at radius 2 is 1.96 bits per heavy atom. The van der Waals surface area contributed by atoms with Gasteiger partial charge in [0.15, 0.2) is 4.34 Å². The van der Waals surface area contributed by atoms with E-state index in [2.05, 4.69) is 24.1 Å². The maximum Gasteiger partial charge on any atom is 0.234 e. The van der Waals surface area contributed by atoms with Crippen molar-refractivity contribution in [1.29, 1.82) is 0 Å². The van der Waals surface area contributed by atoms with Gasteiger partial charge in [0.2, 0.25) is 5.91 Å². The molecular formula is C18H16Cl2N2OS2. The fourth-order valence-corrected chi connectivity index (χ4v) is 4.86. The molecule has 0 saturated carbocycles. The van der Waals surface area contributed by atoms with E-state index in [4.69, 9.17) is 23.2 Å². The lowest BCUT2D eigenvalue weighted by molar-refractivity contribution is -0.113. The lowest BCUT2D eigenvalue weighted by Crippen LogP contribution is -2.13. The predicted octanol–water partition coefficient (Wildman–Crippen LogP) is 6.46. The Balaban J connectivity index is 1.61. The van der Waals surface area contributed by atoms with Crippen LogP contribution in [0.25, 0.3) is 10.2 Å². The van der Waals surface area contributed by atoms with Crippen LogP contribution >= 0.6 is 46.3 Å². The minimum atomic E-state index is -0.0642. The Bertz CT molecular complexity index is 907. The van der Waals surface area contributed by atoms with Gasteiger partial charge in [0, 0.05) is 10.7 Å². The largest absolute Gasteiger partial charge is 0.325 e. The Morgan fingerprint density at radius 1 is 1.24 bits per heavy atom. The smallest absolute Gasteiger partial charge is 0.234 e. The zero-order chi connectivity index (χ0) is 18.0. The molecule has 3 nitrogen and oxygen atoms in total. The first-order valence-corrected chi connectivity index (χ1v) is 10.3. The summed E-state index contributed by atoms with van der Waals surface area (Å²) in [7, 11) is 0. The highest BCUT2D eigenvalue weighted by molar-refractivity contribution is 8.01. The third kappa shape index (κ3) is 4.67. The van der Waals surface area contributed by atoms with Gasteiger partial charge in [-0.3, -0.25) is 4.79 Å². The molecule has 0 radical (unpaired) electrons. The highest BCUT2D eigenvalue weighted by atomic mass is 35.5. The number of thiazole rings is 1.